The van der Waals surface area contributed by atoms with E-state index in [9.17, 15) is 13.6 Å². The minimum atomic E-state index is -1.14. The number of halogens is 2. The number of Topliss-reactive ketones (excluding diaryl/α,β-unsaturated/α-hetero) is 1. The van der Waals surface area contributed by atoms with Crippen molar-refractivity contribution >= 4 is 11.4 Å². The van der Waals surface area contributed by atoms with E-state index in [4.69, 9.17) is 9.72 Å². The van der Waals surface area contributed by atoms with E-state index in [2.05, 4.69) is 39.5 Å². The summed E-state index contributed by atoms with van der Waals surface area (Å²) >= 11 is 0. The second-order valence-corrected chi connectivity index (χ2v) is 11.9. The predicted molar refractivity (Wildman–Crippen MR) is 165 cm³/mol. The van der Waals surface area contributed by atoms with Crippen molar-refractivity contribution in [1.29, 1.82) is 0 Å². The smallest absolute Gasteiger partial charge is 0.322 e. The van der Waals surface area contributed by atoms with E-state index >= 15 is 0 Å². The zero-order valence-electron chi connectivity index (χ0n) is 24.3. The van der Waals surface area contributed by atoms with Gasteiger partial charge in [0.15, 0.2) is 0 Å². The second kappa shape index (κ2) is 10.8. The summed E-state index contributed by atoms with van der Waals surface area (Å²) in [6.07, 6.45) is 13.7. The Morgan fingerprint density at radius 1 is 0.867 bits per heavy atom. The van der Waals surface area contributed by atoms with Crippen LogP contribution >= 0.6 is 0 Å². The number of fused-ring (bicyclic) bond motifs is 4. The van der Waals surface area contributed by atoms with E-state index in [1.807, 2.05) is 6.08 Å². The minimum Gasteiger partial charge on any atom is -0.424 e. The average molecular weight is 599 g/mol. The number of ketones is 1. The monoisotopic (exact) mass is 598 g/mol. The lowest BCUT2D eigenvalue weighted by Crippen LogP contribution is -2.51. The van der Waals surface area contributed by atoms with Crippen molar-refractivity contribution in [2.45, 2.75) is 49.5 Å². The van der Waals surface area contributed by atoms with Crippen LogP contribution in [0.4, 0.5) is 8.78 Å². The highest BCUT2D eigenvalue weighted by molar-refractivity contribution is 5.95. The molecule has 3 atom stereocenters. The van der Waals surface area contributed by atoms with Crippen molar-refractivity contribution in [3.8, 4) is 11.8 Å². The predicted octanol–water partition coefficient (Wildman–Crippen LogP) is 8.14. The van der Waals surface area contributed by atoms with Gasteiger partial charge in [-0.25, -0.2) is 13.8 Å². The van der Waals surface area contributed by atoms with Gasteiger partial charge in [0, 0.05) is 18.8 Å². The number of rotatable bonds is 5. The van der Waals surface area contributed by atoms with Gasteiger partial charge in [0.2, 0.25) is 0 Å². The summed E-state index contributed by atoms with van der Waals surface area (Å²) in [5, 5.41) is 8.90. The fourth-order valence-electron chi connectivity index (χ4n) is 7.64. The molecule has 0 saturated carbocycles. The van der Waals surface area contributed by atoms with Crippen LogP contribution in [0.15, 0.2) is 113 Å². The van der Waals surface area contributed by atoms with E-state index in [0.717, 1.165) is 36.8 Å². The third-order valence-electron chi connectivity index (χ3n) is 9.53. The van der Waals surface area contributed by atoms with Crippen molar-refractivity contribution in [1.82, 2.24) is 9.97 Å². The normalized spacial score (nSPS) is 23.1. The Balaban J connectivity index is 1.39. The highest BCUT2D eigenvalue weighted by Gasteiger charge is 2.57. The van der Waals surface area contributed by atoms with Gasteiger partial charge in [0.05, 0.1) is 17.0 Å². The summed E-state index contributed by atoms with van der Waals surface area (Å²) in [7, 11) is 0. The molecule has 6 nitrogen and oxygen atoms in total. The minimum absolute atomic E-state index is 0.00316. The van der Waals surface area contributed by atoms with E-state index in [1.165, 1.54) is 58.7 Å². The number of nitrogens with zero attached hydrogens (tertiary/aromatic N) is 4. The average Bonchev–Trinajstić information content (AvgIpc) is 3.61. The first-order valence-corrected chi connectivity index (χ1v) is 15.2. The van der Waals surface area contributed by atoms with Gasteiger partial charge in [-0.1, -0.05) is 42.0 Å². The van der Waals surface area contributed by atoms with Gasteiger partial charge in [0.25, 0.3) is 0 Å². The van der Waals surface area contributed by atoms with E-state index in [0.29, 0.717) is 17.0 Å². The number of ether oxygens (including phenoxy) is 1. The Morgan fingerprint density at radius 2 is 1.67 bits per heavy atom. The zero-order chi connectivity index (χ0) is 30.5. The number of azo groups is 1. The van der Waals surface area contributed by atoms with Crippen LogP contribution in [0.3, 0.4) is 0 Å². The maximum absolute atomic E-state index is 14.6. The van der Waals surface area contributed by atoms with Crippen LogP contribution in [0, 0.1) is 11.6 Å². The largest absolute Gasteiger partial charge is 0.424 e. The Morgan fingerprint density at radius 3 is 2.44 bits per heavy atom. The maximum atomic E-state index is 14.6. The molecule has 4 aliphatic rings. The summed E-state index contributed by atoms with van der Waals surface area (Å²) in [5.74, 6) is -1.15. The molecule has 0 spiro atoms. The fraction of sp³-hybridized carbons (Fsp3) is 0.216. The molecule has 0 bridgehead atoms. The summed E-state index contributed by atoms with van der Waals surface area (Å²) in [4.78, 5) is 23.9. The van der Waals surface area contributed by atoms with Gasteiger partial charge in [-0.2, -0.15) is 15.2 Å². The summed E-state index contributed by atoms with van der Waals surface area (Å²) < 4.78 is 33.8. The highest BCUT2D eigenvalue weighted by Crippen LogP contribution is 2.55. The third-order valence-corrected chi connectivity index (χ3v) is 9.53. The Labute approximate surface area is 258 Å². The number of aromatic nitrogens is 2. The number of carbonyl (C=O) groups is 1. The number of hydrogen-bond donors (Lipinski definition) is 0. The number of hydrogen-bond acceptors (Lipinski definition) is 6. The summed E-state index contributed by atoms with van der Waals surface area (Å²) in [6.45, 7) is 0. The van der Waals surface area contributed by atoms with Crippen LogP contribution in [0.25, 0.3) is 5.57 Å². The molecule has 0 N–H and O–H groups in total. The molecule has 0 radical (unpaired) electrons. The fourth-order valence-corrected chi connectivity index (χ4v) is 7.64. The van der Waals surface area contributed by atoms with E-state index in [1.54, 1.807) is 30.6 Å². The molecule has 0 saturated heterocycles. The molecule has 0 amide bonds. The first kappa shape index (κ1) is 27.4. The van der Waals surface area contributed by atoms with Crippen molar-refractivity contribution in [3.63, 3.8) is 0 Å². The summed E-state index contributed by atoms with van der Waals surface area (Å²) in [5.41, 5.74) is 7.09. The second-order valence-electron chi connectivity index (χ2n) is 11.9. The lowest BCUT2D eigenvalue weighted by Gasteiger charge is -2.47. The number of carbonyl (C=O) groups excluding carboxylic acids is 1. The maximum Gasteiger partial charge on any atom is 0.322 e. The van der Waals surface area contributed by atoms with Crippen LogP contribution in [0.1, 0.15) is 58.7 Å². The van der Waals surface area contributed by atoms with Crippen LogP contribution in [-0.4, -0.2) is 21.8 Å². The molecule has 3 aliphatic carbocycles. The number of allylic oxidation sites excluding steroid dienone is 4. The van der Waals surface area contributed by atoms with Gasteiger partial charge >= 0.3 is 6.01 Å². The van der Waals surface area contributed by atoms with Gasteiger partial charge in [-0.3, -0.25) is 4.79 Å². The first-order valence-electron chi connectivity index (χ1n) is 15.2. The van der Waals surface area contributed by atoms with Gasteiger partial charge in [-0.05, 0) is 108 Å². The molecule has 8 heteroatoms. The standard InChI is InChI=1S/C37H28F2N4O2/c38-24-8-5-23(6-9-24)35-32(44)21-30-29-14-7-22-3-1-2-4-27(22)28(29)15-16-31(30)37(35,34-18-20-41-43-34)33-17-19-40-36(42-33)45-26-12-10-25(39)11-13-26/h2,4-6,8-13,15-20,34-35H,1,3,7,14,21H2. The van der Waals surface area contributed by atoms with E-state index in [-0.39, 0.29) is 29.8 Å². The van der Waals surface area contributed by atoms with Crippen molar-refractivity contribution in [2.75, 3.05) is 0 Å². The third kappa shape index (κ3) is 4.46. The molecule has 2 heterocycles. The molecule has 3 unspecified atom stereocenters. The van der Waals surface area contributed by atoms with Crippen LogP contribution < -0.4 is 4.74 Å². The molecule has 1 aromatic heterocycles. The summed E-state index contributed by atoms with van der Waals surface area (Å²) in [6, 6.07) is 17.3. The van der Waals surface area contributed by atoms with Crippen LogP contribution in [-0.2, 0) is 23.1 Å². The molecule has 3 aromatic carbocycles. The number of benzene rings is 3. The van der Waals surface area contributed by atoms with Crippen molar-refractivity contribution in [2.24, 2.45) is 10.2 Å². The molecular formula is C37H28F2N4O2. The Kier molecular flexibility index (Phi) is 6.59. The molecule has 222 valence electrons. The van der Waals surface area contributed by atoms with Crippen LogP contribution in [0.2, 0.25) is 0 Å². The van der Waals surface area contributed by atoms with Gasteiger partial charge in [-0.15, -0.1) is 0 Å². The lowest BCUT2D eigenvalue weighted by atomic mass is 9.54. The van der Waals surface area contributed by atoms with Gasteiger partial charge in [0.1, 0.15) is 29.2 Å². The lowest BCUT2D eigenvalue weighted by molar-refractivity contribution is -0.122. The molecule has 0 fully saturated rings. The Bertz CT molecular complexity index is 1950. The quantitative estimate of drug-likeness (QED) is 0.232. The topological polar surface area (TPSA) is 76.8 Å². The Hall–Kier alpha value is -5.11. The molecular weight excluding hydrogens is 570 g/mol. The molecule has 4 aromatic rings. The molecule has 45 heavy (non-hydrogen) atoms. The SMILES string of the molecule is O=C1Cc2c(ccc3c2CCC2=C3C=CCC2)C(c2ccnc(Oc3ccc(F)cc3)n2)(C2C=CN=N2)C1c1ccc(F)cc1. The van der Waals surface area contributed by atoms with Crippen LogP contribution in [0.5, 0.6) is 11.8 Å². The van der Waals surface area contributed by atoms with Gasteiger partial charge < -0.3 is 4.74 Å². The first-order chi connectivity index (χ1) is 22.0. The van der Waals surface area contributed by atoms with Crippen molar-refractivity contribution < 1.29 is 18.3 Å². The van der Waals surface area contributed by atoms with Crippen molar-refractivity contribution in [3.05, 3.63) is 148 Å². The zero-order valence-corrected chi connectivity index (χ0v) is 24.3. The molecule has 1 aliphatic heterocycles. The highest BCUT2D eigenvalue weighted by atomic mass is 19.1. The van der Waals surface area contributed by atoms with E-state index < -0.39 is 17.4 Å². The molecule has 8 rings (SSSR count).